The summed E-state index contributed by atoms with van der Waals surface area (Å²) in [5.41, 5.74) is 2.75. The van der Waals surface area contributed by atoms with Crippen molar-refractivity contribution >= 4 is 0 Å². The number of rotatable bonds is 5. The van der Waals surface area contributed by atoms with E-state index in [1.54, 1.807) is 0 Å². The molecule has 1 heterocycles. The van der Waals surface area contributed by atoms with Crippen LogP contribution < -0.4 is 10.1 Å². The van der Waals surface area contributed by atoms with Crippen LogP contribution in [0.1, 0.15) is 64.1 Å². The highest BCUT2D eigenvalue weighted by atomic mass is 16.5. The Morgan fingerprint density at radius 1 is 1.21 bits per heavy atom. The lowest BCUT2D eigenvalue weighted by atomic mass is 9.83. The van der Waals surface area contributed by atoms with Gasteiger partial charge in [-0.3, -0.25) is 0 Å². The first-order chi connectivity index (χ1) is 9.18. The first-order valence-corrected chi connectivity index (χ1v) is 7.73. The van der Waals surface area contributed by atoms with Gasteiger partial charge in [0.05, 0.1) is 0 Å². The molecule has 106 valence electrons. The summed E-state index contributed by atoms with van der Waals surface area (Å²) in [4.78, 5) is 0. The van der Waals surface area contributed by atoms with Gasteiger partial charge < -0.3 is 10.1 Å². The Kier molecular flexibility index (Phi) is 4.51. The maximum atomic E-state index is 6.35. The van der Waals surface area contributed by atoms with Crippen molar-refractivity contribution < 1.29 is 4.74 Å². The van der Waals surface area contributed by atoms with Crippen LogP contribution in [0.15, 0.2) is 18.2 Å². The molecule has 1 aliphatic rings. The second kappa shape index (κ2) is 5.96. The Morgan fingerprint density at radius 3 is 2.53 bits per heavy atom. The van der Waals surface area contributed by atoms with Crippen molar-refractivity contribution in [1.29, 1.82) is 0 Å². The Morgan fingerprint density at radius 2 is 1.95 bits per heavy atom. The molecule has 0 radical (unpaired) electrons. The molecule has 0 amide bonds. The van der Waals surface area contributed by atoms with E-state index in [1.165, 1.54) is 11.1 Å². The van der Waals surface area contributed by atoms with Crippen LogP contribution in [0.3, 0.4) is 0 Å². The average molecular weight is 261 g/mol. The zero-order valence-electron chi connectivity index (χ0n) is 12.8. The van der Waals surface area contributed by atoms with E-state index in [-0.39, 0.29) is 5.60 Å². The van der Waals surface area contributed by atoms with Crippen LogP contribution in [0.4, 0.5) is 0 Å². The van der Waals surface area contributed by atoms with E-state index < -0.39 is 0 Å². The number of aryl methyl sites for hydroxylation is 1. The Bertz CT molecular complexity index is 423. The van der Waals surface area contributed by atoms with Gasteiger partial charge in [0.2, 0.25) is 0 Å². The van der Waals surface area contributed by atoms with Crippen molar-refractivity contribution in [2.75, 3.05) is 6.54 Å². The highest BCUT2D eigenvalue weighted by Crippen LogP contribution is 2.43. The lowest BCUT2D eigenvalue weighted by Gasteiger charge is -2.42. The molecule has 1 atom stereocenters. The molecule has 2 rings (SSSR count). The van der Waals surface area contributed by atoms with Gasteiger partial charge in [-0.2, -0.15) is 0 Å². The molecule has 0 saturated carbocycles. The van der Waals surface area contributed by atoms with Crippen molar-refractivity contribution in [1.82, 2.24) is 5.32 Å². The Balaban J connectivity index is 2.39. The predicted octanol–water partition coefficient (Wildman–Crippen LogP) is 4.24. The molecule has 0 spiro atoms. The van der Waals surface area contributed by atoms with Gasteiger partial charge >= 0.3 is 0 Å². The highest BCUT2D eigenvalue weighted by molar-refractivity contribution is 5.42. The monoisotopic (exact) mass is 261 g/mol. The van der Waals surface area contributed by atoms with Crippen molar-refractivity contribution in [3.8, 4) is 5.75 Å². The summed E-state index contributed by atoms with van der Waals surface area (Å²) in [6.45, 7) is 9.86. The fraction of sp³-hybridized carbons (Fsp3) is 0.647. The number of nitrogens with one attached hydrogen (secondary N) is 1. The van der Waals surface area contributed by atoms with Crippen LogP contribution in [-0.2, 0) is 6.42 Å². The third-order valence-corrected chi connectivity index (χ3v) is 4.50. The number of hydrogen-bond donors (Lipinski definition) is 1. The van der Waals surface area contributed by atoms with Crippen molar-refractivity contribution in [3.05, 3.63) is 29.3 Å². The van der Waals surface area contributed by atoms with E-state index >= 15 is 0 Å². The Hall–Kier alpha value is -1.02. The summed E-state index contributed by atoms with van der Waals surface area (Å²) < 4.78 is 6.35. The highest BCUT2D eigenvalue weighted by Gasteiger charge is 2.38. The number of fused-ring (bicyclic) bond motifs is 1. The van der Waals surface area contributed by atoms with Gasteiger partial charge in [-0.25, -0.2) is 0 Å². The molecule has 1 aromatic carbocycles. The maximum Gasteiger partial charge on any atom is 0.124 e. The summed E-state index contributed by atoms with van der Waals surface area (Å²) >= 11 is 0. The molecule has 2 heteroatoms. The third-order valence-electron chi connectivity index (χ3n) is 4.50. The fourth-order valence-corrected chi connectivity index (χ4v) is 3.05. The molecular formula is C17H27NO. The maximum absolute atomic E-state index is 6.35. The van der Waals surface area contributed by atoms with Gasteiger partial charge in [0.25, 0.3) is 0 Å². The van der Waals surface area contributed by atoms with Crippen LogP contribution in [0.2, 0.25) is 0 Å². The largest absolute Gasteiger partial charge is 0.487 e. The van der Waals surface area contributed by atoms with E-state index in [9.17, 15) is 0 Å². The van der Waals surface area contributed by atoms with Crippen LogP contribution >= 0.6 is 0 Å². The Labute approximate surface area is 117 Å². The SMILES string of the molecule is CCNC1CC(CC)(CC)Oc2ccc(CC)cc21. The van der Waals surface area contributed by atoms with Crippen LogP contribution in [0.5, 0.6) is 5.75 Å². The summed E-state index contributed by atoms with van der Waals surface area (Å²) in [6.07, 6.45) is 4.30. The summed E-state index contributed by atoms with van der Waals surface area (Å²) in [5.74, 6) is 1.08. The van der Waals surface area contributed by atoms with Gasteiger partial charge in [0.1, 0.15) is 11.4 Å². The van der Waals surface area contributed by atoms with Crippen LogP contribution in [0.25, 0.3) is 0 Å². The topological polar surface area (TPSA) is 21.3 Å². The minimum absolute atomic E-state index is 0.00751. The van der Waals surface area contributed by atoms with Crippen LogP contribution in [0, 0.1) is 0 Å². The minimum Gasteiger partial charge on any atom is -0.487 e. The molecule has 0 fully saturated rings. The smallest absolute Gasteiger partial charge is 0.124 e. The van der Waals surface area contributed by atoms with Gasteiger partial charge in [0.15, 0.2) is 0 Å². The summed E-state index contributed by atoms with van der Waals surface area (Å²) in [5, 5.41) is 3.64. The fourth-order valence-electron chi connectivity index (χ4n) is 3.05. The standard InChI is InChI=1S/C17H27NO/c1-5-13-9-10-16-14(11-13)15(18-8-4)12-17(6-2,7-3)19-16/h9-11,15,18H,5-8,12H2,1-4H3. The molecule has 19 heavy (non-hydrogen) atoms. The molecule has 1 N–H and O–H groups in total. The van der Waals surface area contributed by atoms with Gasteiger partial charge in [-0.15, -0.1) is 0 Å². The van der Waals surface area contributed by atoms with E-state index in [0.29, 0.717) is 6.04 Å². The van der Waals surface area contributed by atoms with E-state index in [1.807, 2.05) is 0 Å². The number of ether oxygens (including phenoxy) is 1. The predicted molar refractivity (Wildman–Crippen MR) is 80.8 cm³/mol. The van der Waals surface area contributed by atoms with Crippen molar-refractivity contribution in [2.24, 2.45) is 0 Å². The molecular weight excluding hydrogens is 234 g/mol. The van der Waals surface area contributed by atoms with E-state index in [0.717, 1.165) is 38.0 Å². The second-order valence-electron chi connectivity index (χ2n) is 5.53. The third kappa shape index (κ3) is 2.79. The number of benzene rings is 1. The molecule has 0 saturated heterocycles. The van der Waals surface area contributed by atoms with Gasteiger partial charge in [0, 0.05) is 18.0 Å². The zero-order chi connectivity index (χ0) is 13.9. The molecule has 1 unspecified atom stereocenters. The van der Waals surface area contributed by atoms with Crippen molar-refractivity contribution in [3.63, 3.8) is 0 Å². The molecule has 0 aromatic heterocycles. The molecule has 1 aromatic rings. The van der Waals surface area contributed by atoms with Crippen LogP contribution in [-0.4, -0.2) is 12.1 Å². The second-order valence-corrected chi connectivity index (χ2v) is 5.53. The van der Waals surface area contributed by atoms with E-state index in [4.69, 9.17) is 4.74 Å². The van der Waals surface area contributed by atoms with Gasteiger partial charge in [-0.05, 0) is 37.4 Å². The molecule has 0 bridgehead atoms. The summed E-state index contributed by atoms with van der Waals surface area (Å²) in [6, 6.07) is 7.11. The first kappa shape index (κ1) is 14.4. The first-order valence-electron chi connectivity index (χ1n) is 7.73. The molecule has 1 aliphatic heterocycles. The van der Waals surface area contributed by atoms with Crippen molar-refractivity contribution in [2.45, 2.75) is 65.0 Å². The molecule has 0 aliphatic carbocycles. The normalized spacial score (nSPS) is 20.7. The van der Waals surface area contributed by atoms with Gasteiger partial charge in [-0.1, -0.05) is 39.8 Å². The lowest BCUT2D eigenvalue weighted by Crippen LogP contribution is -2.43. The molecule has 2 nitrogen and oxygen atoms in total. The minimum atomic E-state index is 0.00751. The summed E-state index contributed by atoms with van der Waals surface area (Å²) in [7, 11) is 0. The average Bonchev–Trinajstić information content (AvgIpc) is 2.47. The van der Waals surface area contributed by atoms with E-state index in [2.05, 4.69) is 51.2 Å². The number of hydrogen-bond acceptors (Lipinski definition) is 2. The zero-order valence-corrected chi connectivity index (χ0v) is 12.8. The quantitative estimate of drug-likeness (QED) is 0.856. The lowest BCUT2D eigenvalue weighted by molar-refractivity contribution is 0.0230.